The summed E-state index contributed by atoms with van der Waals surface area (Å²) in [6, 6.07) is 82.3. The zero-order valence-corrected chi connectivity index (χ0v) is 59.7. The maximum Gasteiger partial charge on any atom is 0.0636 e. The minimum absolute atomic E-state index is 0. The van der Waals surface area contributed by atoms with Gasteiger partial charge in [-0.3, -0.25) is 19.0 Å². The van der Waals surface area contributed by atoms with E-state index in [1.54, 1.807) is 10.9 Å². The van der Waals surface area contributed by atoms with Crippen LogP contribution in [0.15, 0.2) is 249 Å². The molecule has 15 rings (SSSR count). The molecule has 12 heteroatoms. The van der Waals surface area contributed by atoms with E-state index >= 15 is 0 Å². The number of aliphatic imine (C=N–C) groups is 1. The largest absolute Gasteiger partial charge is 0.326 e. The maximum absolute atomic E-state index is 4.68. The Hall–Kier alpha value is -7.67. The average molecular weight is 1870 g/mol. The zero-order chi connectivity index (χ0) is 58.7. The second-order valence-electron chi connectivity index (χ2n) is 22.6. The maximum atomic E-state index is 4.68. The van der Waals surface area contributed by atoms with Gasteiger partial charge in [-0.25, -0.2) is 15.3 Å². The molecule has 5 heterocycles. The Morgan fingerprint density at radius 3 is 1.52 bits per heavy atom. The van der Waals surface area contributed by atoms with E-state index in [2.05, 4.69) is 206 Å². The Morgan fingerprint density at radius 2 is 0.978 bits per heavy atom. The van der Waals surface area contributed by atoms with Crippen LogP contribution in [0.4, 0.5) is 0 Å². The summed E-state index contributed by atoms with van der Waals surface area (Å²) in [7, 11) is 3.86. The van der Waals surface area contributed by atoms with E-state index in [9.17, 15) is 0 Å². The molecule has 89 heavy (non-hydrogen) atoms. The summed E-state index contributed by atoms with van der Waals surface area (Å²) in [6.07, 6.45) is 13.7. The number of hydrogen-bond acceptors (Lipinski definition) is 5. The fourth-order valence-corrected chi connectivity index (χ4v) is 11.5. The molecule has 4 aromatic heterocycles. The van der Waals surface area contributed by atoms with Crippen molar-refractivity contribution in [3.63, 3.8) is 0 Å². The monoisotopic (exact) mass is 1870 g/mol. The normalized spacial score (nSPS) is 13.6. The SMILES string of the molecule is C=Cc1ccc(-n2ccc(-c3[c-]ccc(-c4ccccn4)c3)n2)cc1.CC1C=CC(c2[c-]cc3c(c2)C(C)(C)c2ccccc2-3)=N1.Cn1ccc(-c2[c-]cc3c(c2)C(C)(C)c2ccccc2-3)n1.Cn1ccc(-c2[c-]ccc(-c3ccccc3)c2)n1.[Ir].[Ir].[Ir].[Pt]. The Bertz CT molecular complexity index is 4440. The number of hydrogen-bond donors (Lipinski definition) is 0. The van der Waals surface area contributed by atoms with Crippen molar-refractivity contribution in [1.82, 2.24) is 34.3 Å². The molecule has 0 bridgehead atoms. The van der Waals surface area contributed by atoms with Crippen molar-refractivity contribution >= 4 is 11.8 Å². The van der Waals surface area contributed by atoms with Gasteiger partial charge in [0.2, 0.25) is 0 Å². The molecule has 1 unspecified atom stereocenters. The third kappa shape index (κ3) is 14.5. The summed E-state index contributed by atoms with van der Waals surface area (Å²) >= 11 is 0. The first-order chi connectivity index (χ1) is 41.3. The van der Waals surface area contributed by atoms with Gasteiger partial charge in [-0.2, -0.15) is 0 Å². The average Bonchev–Trinajstić information content (AvgIpc) is 1.72. The second kappa shape index (κ2) is 29.3. The fourth-order valence-electron chi connectivity index (χ4n) is 11.5. The fraction of sp³-hybridized carbons (Fsp3) is 0.130. The van der Waals surface area contributed by atoms with Gasteiger partial charge in [0, 0.05) is 137 Å². The van der Waals surface area contributed by atoms with Gasteiger partial charge >= 0.3 is 0 Å². The molecule has 1 atom stereocenters. The molecule has 2 aliphatic carbocycles. The van der Waals surface area contributed by atoms with Crippen molar-refractivity contribution in [2.24, 2.45) is 19.1 Å². The van der Waals surface area contributed by atoms with Crippen LogP contribution in [0.5, 0.6) is 0 Å². The van der Waals surface area contributed by atoms with Crippen LogP contribution < -0.4 is 0 Å². The first-order valence-corrected chi connectivity index (χ1v) is 28.7. The van der Waals surface area contributed by atoms with Gasteiger partial charge < -0.3 is 4.99 Å². The number of allylic oxidation sites excluding steroid dienone is 1. The third-order valence-corrected chi connectivity index (χ3v) is 16.1. The molecule has 3 aliphatic rings. The molecule has 0 amide bonds. The van der Waals surface area contributed by atoms with Crippen LogP contribution in [-0.2, 0) is 106 Å². The summed E-state index contributed by atoms with van der Waals surface area (Å²) < 4.78 is 5.50. The molecule has 1 aliphatic heterocycles. The van der Waals surface area contributed by atoms with Crippen molar-refractivity contribution < 1.29 is 81.4 Å². The summed E-state index contributed by atoms with van der Waals surface area (Å²) in [5.41, 5.74) is 25.4. The standard InChI is InChI=1S/C22H16N3.C20H18N.C19H17N2.C16H13N2.3Ir.Pt/c1-2-17-9-11-20(12-10-17)25-15-13-22(24-25)19-7-5-6-18(16-19)21-8-3-4-14-23-21;1-13-8-11-19(21-13)14-9-10-16-15-6-4-5-7-17(15)20(2,3)18(16)12-14;1-19(2)16-7-5-4-6-14(16)15-9-8-13(12-17(15)19)18-10-11-21(3)20-18;1-18-11-10-16(17-18)15-9-5-8-14(12-15)13-6-3-2-4-7-13;;;;/h2-6,8-16H,1H2;4-8,10-13H,1-3H3;4-7,9-12H,1-3H3;2-8,10-12H,1H3;;;;/q4*-1;;;;. The van der Waals surface area contributed by atoms with Gasteiger partial charge in [0.15, 0.2) is 0 Å². The molecular weight excluding hydrogens is 1810 g/mol. The minimum atomic E-state index is 0. The molecule has 3 radical (unpaired) electrons. The Kier molecular flexibility index (Phi) is 22.1. The first-order valence-electron chi connectivity index (χ1n) is 28.7. The Morgan fingerprint density at radius 1 is 0.472 bits per heavy atom. The van der Waals surface area contributed by atoms with E-state index in [4.69, 9.17) is 0 Å². The Balaban J connectivity index is 0.000000152. The molecule has 0 saturated heterocycles. The first kappa shape index (κ1) is 67.3. The summed E-state index contributed by atoms with van der Waals surface area (Å²) in [4.78, 5) is 9.06. The third-order valence-electron chi connectivity index (χ3n) is 16.1. The van der Waals surface area contributed by atoms with Gasteiger partial charge in [-0.1, -0.05) is 196 Å². The topological polar surface area (TPSA) is 78.7 Å². The molecule has 0 fully saturated rings. The predicted molar refractivity (Wildman–Crippen MR) is 347 cm³/mol. The van der Waals surface area contributed by atoms with Crippen LogP contribution in [0.1, 0.15) is 68.0 Å². The van der Waals surface area contributed by atoms with Crippen LogP contribution >= 0.6 is 0 Å². The number of aromatic nitrogens is 7. The van der Waals surface area contributed by atoms with Crippen molar-refractivity contribution in [2.45, 2.75) is 51.5 Å². The van der Waals surface area contributed by atoms with Crippen molar-refractivity contribution in [3.8, 4) is 84.1 Å². The molecule has 12 aromatic rings. The summed E-state index contributed by atoms with van der Waals surface area (Å²) in [5, 5.41) is 13.6. The van der Waals surface area contributed by atoms with Crippen molar-refractivity contribution in [2.75, 3.05) is 0 Å². The molecule has 8 aromatic carbocycles. The van der Waals surface area contributed by atoms with E-state index in [0.29, 0.717) is 0 Å². The number of nitrogens with zero attached hydrogens (tertiary/aromatic N) is 8. The number of rotatable bonds is 8. The molecule has 453 valence electrons. The van der Waals surface area contributed by atoms with Crippen LogP contribution in [0.2, 0.25) is 0 Å². The van der Waals surface area contributed by atoms with Crippen LogP contribution in [0, 0.1) is 24.3 Å². The van der Waals surface area contributed by atoms with Gasteiger partial charge in [-0.05, 0) is 70.0 Å². The van der Waals surface area contributed by atoms with Gasteiger partial charge in [0.25, 0.3) is 0 Å². The quantitative estimate of drug-likeness (QED) is 0.142. The van der Waals surface area contributed by atoms with Crippen LogP contribution in [0.3, 0.4) is 0 Å². The Labute approximate surface area is 578 Å². The molecule has 0 spiro atoms. The van der Waals surface area contributed by atoms with Gasteiger partial charge in [0.1, 0.15) is 0 Å². The van der Waals surface area contributed by atoms with E-state index in [1.165, 1.54) is 55.6 Å². The summed E-state index contributed by atoms with van der Waals surface area (Å²) in [6.45, 7) is 15.1. The van der Waals surface area contributed by atoms with Crippen molar-refractivity contribution in [3.05, 3.63) is 301 Å². The molecule has 0 N–H and O–H groups in total. The van der Waals surface area contributed by atoms with Crippen molar-refractivity contribution in [1.29, 1.82) is 0 Å². The van der Waals surface area contributed by atoms with Gasteiger partial charge in [-0.15, -0.1) is 124 Å². The molecular formula is C77H64Ir3N8Pt-4. The second-order valence-corrected chi connectivity index (χ2v) is 22.6. The summed E-state index contributed by atoms with van der Waals surface area (Å²) in [5.74, 6) is 0. The number of benzene rings is 8. The number of aryl methyl sites for hydroxylation is 2. The number of pyridine rings is 1. The zero-order valence-electron chi connectivity index (χ0n) is 50.3. The van der Waals surface area contributed by atoms with E-state index in [1.807, 2.05) is 145 Å². The van der Waals surface area contributed by atoms with Crippen LogP contribution in [0.25, 0.3) is 90.2 Å². The number of fused-ring (bicyclic) bond motifs is 6. The smallest absolute Gasteiger partial charge is 0.0636 e. The van der Waals surface area contributed by atoms with E-state index in [0.717, 1.165) is 67.6 Å². The molecule has 8 nitrogen and oxygen atoms in total. The van der Waals surface area contributed by atoms with Crippen LogP contribution in [-0.4, -0.2) is 46.1 Å². The minimum Gasteiger partial charge on any atom is -0.326 e. The van der Waals surface area contributed by atoms with Gasteiger partial charge in [0.05, 0.1) is 17.4 Å². The van der Waals surface area contributed by atoms with E-state index in [-0.39, 0.29) is 98.3 Å². The predicted octanol–water partition coefficient (Wildman–Crippen LogP) is 17.3. The van der Waals surface area contributed by atoms with E-state index < -0.39 is 0 Å². The molecule has 0 saturated carbocycles.